The van der Waals surface area contributed by atoms with Crippen molar-refractivity contribution in [2.45, 2.75) is 52.7 Å². The summed E-state index contributed by atoms with van der Waals surface area (Å²) in [4.78, 5) is 26.9. The molecule has 46 heavy (non-hydrogen) atoms. The van der Waals surface area contributed by atoms with Crippen molar-refractivity contribution < 1.29 is 32.0 Å². The van der Waals surface area contributed by atoms with Crippen molar-refractivity contribution in [3.05, 3.63) is 101 Å². The van der Waals surface area contributed by atoms with Crippen LogP contribution in [-0.4, -0.2) is 53.8 Å². The Morgan fingerprint density at radius 1 is 1.04 bits per heavy atom. The summed E-state index contributed by atoms with van der Waals surface area (Å²) < 4.78 is 43.2. The number of hydrogen-bond donors (Lipinski definition) is 2. The van der Waals surface area contributed by atoms with Crippen molar-refractivity contribution in [3.8, 4) is 16.9 Å². The fourth-order valence-corrected chi connectivity index (χ4v) is 5.82. The first kappa shape index (κ1) is 32.7. The molecule has 0 unspecified atom stereocenters. The van der Waals surface area contributed by atoms with Crippen LogP contribution >= 0.6 is 0 Å². The number of carbonyl (C=O) groups is 2. The normalized spacial score (nSPS) is 12.8. The minimum atomic E-state index is -4.33. The van der Waals surface area contributed by atoms with Gasteiger partial charge in [-0.15, -0.1) is 0 Å². The van der Waals surface area contributed by atoms with Crippen molar-refractivity contribution in [2.75, 3.05) is 23.9 Å². The van der Waals surface area contributed by atoms with Crippen LogP contribution in [0.1, 0.15) is 47.1 Å². The molecule has 2 heterocycles. The van der Waals surface area contributed by atoms with E-state index >= 15 is 0 Å². The lowest BCUT2D eigenvalue weighted by atomic mass is 9.93. The molecular weight excluding hydrogens is 608 g/mol. The van der Waals surface area contributed by atoms with Crippen LogP contribution < -0.4 is 15.0 Å². The lowest BCUT2D eigenvalue weighted by Crippen LogP contribution is -2.35. The summed E-state index contributed by atoms with van der Waals surface area (Å²) in [6, 6.07) is 19.5. The van der Waals surface area contributed by atoms with E-state index in [0.29, 0.717) is 38.1 Å². The first-order valence-electron chi connectivity index (χ1n) is 15.1. The average Bonchev–Trinajstić information content (AvgIpc) is 3.50. The molecule has 0 atom stereocenters. The summed E-state index contributed by atoms with van der Waals surface area (Å²) in [6.07, 6.45) is 5.65. The summed E-state index contributed by atoms with van der Waals surface area (Å²) in [5.74, 6) is 0.0396. The second-order valence-corrected chi connectivity index (χ2v) is 12.8. The van der Waals surface area contributed by atoms with Gasteiger partial charge in [-0.05, 0) is 78.6 Å². The van der Waals surface area contributed by atoms with Gasteiger partial charge in [-0.25, -0.2) is 4.79 Å². The van der Waals surface area contributed by atoms with E-state index in [1.165, 1.54) is 5.56 Å². The largest absolute Gasteiger partial charge is 0.493 e. The van der Waals surface area contributed by atoms with Gasteiger partial charge in [0.15, 0.2) is 0 Å². The number of rotatable bonds is 12. The van der Waals surface area contributed by atoms with Crippen LogP contribution in [0.15, 0.2) is 73.1 Å². The highest BCUT2D eigenvalue weighted by Crippen LogP contribution is 2.36. The van der Waals surface area contributed by atoms with Crippen LogP contribution in [0.25, 0.3) is 11.1 Å². The van der Waals surface area contributed by atoms with Gasteiger partial charge in [0, 0.05) is 30.4 Å². The van der Waals surface area contributed by atoms with E-state index in [4.69, 9.17) is 14.0 Å². The van der Waals surface area contributed by atoms with E-state index in [1.807, 2.05) is 76.7 Å². The second-order valence-electron chi connectivity index (χ2n) is 11.3. The summed E-state index contributed by atoms with van der Waals surface area (Å²) in [6.45, 7) is 5.69. The van der Waals surface area contributed by atoms with Crippen LogP contribution in [-0.2, 0) is 39.2 Å². The molecule has 2 amide bonds. The number of carbonyl (C=O) groups excluding carboxylic acids is 2. The van der Waals surface area contributed by atoms with E-state index in [0.717, 1.165) is 52.1 Å². The predicted molar refractivity (Wildman–Crippen MR) is 174 cm³/mol. The zero-order chi connectivity index (χ0) is 32.7. The molecule has 0 saturated carbocycles. The molecule has 3 aromatic carbocycles. The molecule has 5 rings (SSSR count). The van der Waals surface area contributed by atoms with Crippen LogP contribution in [0.2, 0.25) is 0 Å². The number of nitrogens with one attached hydrogen (secondary N) is 1. The number of fused-ring (bicyclic) bond motifs is 1. The van der Waals surface area contributed by atoms with Crippen LogP contribution in [0.4, 0.5) is 10.5 Å². The monoisotopic (exact) mass is 646 g/mol. The molecule has 0 saturated heterocycles. The highest BCUT2D eigenvalue weighted by molar-refractivity contribution is 7.85. The number of anilines is 1. The number of aryl methyl sites for hydroxylation is 1. The number of benzene rings is 3. The van der Waals surface area contributed by atoms with Crippen molar-refractivity contribution in [3.63, 3.8) is 0 Å². The molecule has 1 aliphatic rings. The Hall–Kier alpha value is -4.68. The SMILES string of the molecule is Cc1cccc(OCCCC(=O)N2CCCc3c(-c4cnn(Cc5cccc(COC(=O)NCS(=O)(=O)O)c5)c4)cccc32)c1C. The molecule has 0 fully saturated rings. The van der Waals surface area contributed by atoms with Crippen molar-refractivity contribution in [1.82, 2.24) is 15.1 Å². The van der Waals surface area contributed by atoms with Crippen LogP contribution in [0.5, 0.6) is 5.75 Å². The highest BCUT2D eigenvalue weighted by Gasteiger charge is 2.25. The Labute approximate surface area is 268 Å². The minimum Gasteiger partial charge on any atom is -0.493 e. The third kappa shape index (κ3) is 8.52. The van der Waals surface area contributed by atoms with Gasteiger partial charge >= 0.3 is 6.09 Å². The van der Waals surface area contributed by atoms with Gasteiger partial charge in [0.1, 0.15) is 18.2 Å². The fraction of sp³-hybridized carbons (Fsp3) is 0.324. The maximum absolute atomic E-state index is 13.3. The molecule has 242 valence electrons. The fourth-order valence-electron chi connectivity index (χ4n) is 5.52. The first-order chi connectivity index (χ1) is 22.1. The number of aromatic nitrogens is 2. The maximum atomic E-state index is 13.3. The summed E-state index contributed by atoms with van der Waals surface area (Å²) in [5, 5.41) is 6.55. The zero-order valence-electron chi connectivity index (χ0n) is 25.9. The van der Waals surface area contributed by atoms with Crippen molar-refractivity contribution >= 4 is 27.8 Å². The molecule has 1 aromatic heterocycles. The zero-order valence-corrected chi connectivity index (χ0v) is 26.8. The topological polar surface area (TPSA) is 140 Å². The third-order valence-corrected chi connectivity index (χ3v) is 8.46. The smallest absolute Gasteiger partial charge is 0.408 e. The summed E-state index contributed by atoms with van der Waals surface area (Å²) >= 11 is 0. The molecule has 11 nitrogen and oxygen atoms in total. The molecule has 0 aliphatic carbocycles. The molecule has 12 heteroatoms. The lowest BCUT2D eigenvalue weighted by molar-refractivity contribution is -0.118. The lowest BCUT2D eigenvalue weighted by Gasteiger charge is -2.31. The Morgan fingerprint density at radius 2 is 1.83 bits per heavy atom. The third-order valence-electron chi connectivity index (χ3n) is 7.95. The number of amides is 2. The van der Waals surface area contributed by atoms with E-state index in [-0.39, 0.29) is 12.5 Å². The van der Waals surface area contributed by atoms with Gasteiger partial charge in [-0.2, -0.15) is 13.5 Å². The van der Waals surface area contributed by atoms with Crippen LogP contribution in [0, 0.1) is 13.8 Å². The molecule has 1 aliphatic heterocycles. The predicted octanol–water partition coefficient (Wildman–Crippen LogP) is 5.43. The Morgan fingerprint density at radius 3 is 2.65 bits per heavy atom. The summed E-state index contributed by atoms with van der Waals surface area (Å²) in [7, 11) is -4.33. The molecular formula is C34H38N4O7S. The number of nitrogens with zero attached hydrogens (tertiary/aromatic N) is 3. The van der Waals surface area contributed by atoms with E-state index < -0.39 is 22.1 Å². The van der Waals surface area contributed by atoms with Gasteiger partial charge in [0.05, 0.1) is 19.3 Å². The van der Waals surface area contributed by atoms with Crippen LogP contribution in [0.3, 0.4) is 0 Å². The van der Waals surface area contributed by atoms with Gasteiger partial charge in [-0.1, -0.05) is 48.5 Å². The first-order valence-corrected chi connectivity index (χ1v) is 16.8. The van der Waals surface area contributed by atoms with Crippen molar-refractivity contribution in [2.24, 2.45) is 0 Å². The van der Waals surface area contributed by atoms with E-state index in [9.17, 15) is 18.0 Å². The standard InChI is InChI=1S/C34H38N4O7S/c1-24-8-3-14-32(25(24)2)44-17-7-15-33(39)38-16-6-12-30-29(11-5-13-31(30)38)28-19-36-37(21-28)20-26-9-4-10-27(18-26)22-45-34(40)35-23-46(41,42)43/h3-5,8-11,13-14,18-19,21H,6-7,12,15-17,20,22-23H2,1-2H3,(H,35,40)(H,41,42,43). The number of ether oxygens (including phenoxy) is 2. The number of hydrogen-bond acceptors (Lipinski definition) is 7. The molecule has 2 N–H and O–H groups in total. The maximum Gasteiger partial charge on any atom is 0.408 e. The average molecular weight is 647 g/mol. The van der Waals surface area contributed by atoms with Crippen molar-refractivity contribution in [1.29, 1.82) is 0 Å². The van der Waals surface area contributed by atoms with Gasteiger partial charge in [-0.3, -0.25) is 14.0 Å². The quantitative estimate of drug-likeness (QED) is 0.154. The second kappa shape index (κ2) is 14.6. The molecule has 0 bridgehead atoms. The molecule has 0 spiro atoms. The Bertz CT molecular complexity index is 1820. The minimum absolute atomic E-state index is 0.0691. The van der Waals surface area contributed by atoms with Gasteiger partial charge in [0.25, 0.3) is 10.1 Å². The van der Waals surface area contributed by atoms with Gasteiger partial charge < -0.3 is 19.7 Å². The molecule has 4 aromatic rings. The van der Waals surface area contributed by atoms with E-state index in [2.05, 4.69) is 24.2 Å². The van der Waals surface area contributed by atoms with Gasteiger partial charge in [0.2, 0.25) is 5.91 Å². The van der Waals surface area contributed by atoms with E-state index in [1.54, 1.807) is 6.07 Å². The Balaban J connectivity index is 1.19. The summed E-state index contributed by atoms with van der Waals surface area (Å²) in [5.41, 5.74) is 8.05. The molecule has 0 radical (unpaired) electrons. The highest BCUT2D eigenvalue weighted by atomic mass is 32.2. The Kier molecular flexibility index (Phi) is 10.4. The number of alkyl carbamates (subject to hydrolysis) is 1.